The monoisotopic (exact) mass is 829 g/mol. The summed E-state index contributed by atoms with van der Waals surface area (Å²) in [6.07, 6.45) is 51.1. The first-order valence-corrected chi connectivity index (χ1v) is 23.9. The molecule has 0 rings (SSSR count). The van der Waals surface area contributed by atoms with Gasteiger partial charge < -0.3 is 23.8 Å². The summed E-state index contributed by atoms with van der Waals surface area (Å²) in [6.45, 7) is 4.67. The quantitative estimate of drug-likeness (QED) is 0.0215. The van der Waals surface area contributed by atoms with E-state index in [-0.39, 0.29) is 36.2 Å². The van der Waals surface area contributed by atoms with Gasteiger partial charge in [-0.1, -0.05) is 171 Å². The number of hydrogen-bond acceptors (Lipinski definition) is 6. The van der Waals surface area contributed by atoms with Crippen molar-refractivity contribution in [2.75, 3.05) is 41.0 Å². The number of quaternary nitrogens is 1. The number of esters is 2. The van der Waals surface area contributed by atoms with E-state index in [0.717, 1.165) is 64.2 Å². The largest absolute Gasteiger partial charge is 0.477 e. The molecular formula is C51H90NO7+. The molecule has 0 aromatic carbocycles. The van der Waals surface area contributed by atoms with Crippen LogP contribution >= 0.6 is 0 Å². The lowest BCUT2D eigenvalue weighted by Crippen LogP contribution is -2.50. The van der Waals surface area contributed by atoms with Crippen LogP contribution in [0.1, 0.15) is 194 Å². The molecule has 1 N–H and O–H groups in total. The van der Waals surface area contributed by atoms with Gasteiger partial charge in [-0.2, -0.15) is 0 Å². The lowest BCUT2D eigenvalue weighted by atomic mass is 10.1. The Hall–Kier alpha value is -2.97. The van der Waals surface area contributed by atoms with Gasteiger partial charge in [-0.15, -0.1) is 0 Å². The summed E-state index contributed by atoms with van der Waals surface area (Å²) in [5, 5.41) is 9.64. The number of unbranched alkanes of at least 4 members (excludes halogenated alkanes) is 21. The number of carbonyl (C=O) groups excluding carboxylic acids is 2. The second-order valence-electron chi connectivity index (χ2n) is 17.1. The van der Waals surface area contributed by atoms with Crippen LogP contribution in [0.4, 0.5) is 0 Å². The molecule has 59 heavy (non-hydrogen) atoms. The summed E-state index contributed by atoms with van der Waals surface area (Å²) >= 11 is 0. The predicted octanol–water partition coefficient (Wildman–Crippen LogP) is 13.4. The van der Waals surface area contributed by atoms with Crippen molar-refractivity contribution in [1.82, 2.24) is 0 Å². The van der Waals surface area contributed by atoms with Crippen molar-refractivity contribution in [1.29, 1.82) is 0 Å². The molecule has 0 saturated heterocycles. The van der Waals surface area contributed by atoms with E-state index < -0.39 is 18.1 Å². The molecule has 0 saturated carbocycles. The van der Waals surface area contributed by atoms with Crippen LogP contribution in [0.25, 0.3) is 0 Å². The van der Waals surface area contributed by atoms with E-state index in [1.807, 2.05) is 21.1 Å². The molecule has 0 bridgehead atoms. The lowest BCUT2D eigenvalue weighted by molar-refractivity contribution is -0.887. The Morgan fingerprint density at radius 1 is 0.508 bits per heavy atom. The van der Waals surface area contributed by atoms with Crippen LogP contribution in [-0.4, -0.2) is 80.6 Å². The number of ether oxygens (including phenoxy) is 3. The normalized spacial score (nSPS) is 13.4. The Balaban J connectivity index is 4.37. The molecule has 0 aromatic heterocycles. The molecular weight excluding hydrogens is 739 g/mol. The number of carboxylic acids is 1. The number of likely N-dealkylation sites (N-methyl/N-ethyl adjacent to an activating group) is 1. The van der Waals surface area contributed by atoms with Gasteiger partial charge in [0.25, 0.3) is 0 Å². The van der Waals surface area contributed by atoms with Gasteiger partial charge in [0.05, 0.1) is 34.4 Å². The average molecular weight is 829 g/mol. The molecule has 0 fully saturated rings. The van der Waals surface area contributed by atoms with Crippen molar-refractivity contribution in [3.8, 4) is 0 Å². The van der Waals surface area contributed by atoms with Gasteiger partial charge in [0.1, 0.15) is 6.61 Å². The minimum absolute atomic E-state index is 0.0498. The molecule has 340 valence electrons. The third kappa shape index (κ3) is 40.2. The first-order valence-electron chi connectivity index (χ1n) is 23.9. The van der Waals surface area contributed by atoms with E-state index in [9.17, 15) is 19.5 Å². The Morgan fingerprint density at radius 2 is 0.915 bits per heavy atom. The first kappa shape index (κ1) is 56.0. The van der Waals surface area contributed by atoms with Crippen molar-refractivity contribution in [2.24, 2.45) is 0 Å². The van der Waals surface area contributed by atoms with Gasteiger partial charge in [-0.3, -0.25) is 9.59 Å². The average Bonchev–Trinajstić information content (AvgIpc) is 3.19. The number of carboxylic acid groups (broad SMARTS) is 1. The van der Waals surface area contributed by atoms with Gasteiger partial charge in [0.15, 0.2) is 12.1 Å². The molecule has 0 aliphatic heterocycles. The number of hydrogen-bond donors (Lipinski definition) is 1. The second kappa shape index (κ2) is 41.8. The van der Waals surface area contributed by atoms with E-state index in [0.29, 0.717) is 19.3 Å². The smallest absolute Gasteiger partial charge is 0.362 e. The standard InChI is InChI=1S/C51H89NO7/c1-6-8-10-12-14-16-18-20-22-24-26-27-29-31-33-35-37-39-41-49(53)58-46-47(45-57-44-43-48(51(55)56)52(3,4)5)59-50(54)42-40-38-36-34-32-30-28-25-23-21-19-17-15-13-11-9-7-2/h14,16,18,20-24,26-27,47-48H,6-13,15,17,19,25,28-46H2,1-5H3/p+1/b16-14+,20-18+,23-21+,24-22+,27-26+. The Labute approximate surface area is 362 Å². The summed E-state index contributed by atoms with van der Waals surface area (Å²) in [5.41, 5.74) is 0. The topological polar surface area (TPSA) is 99.1 Å². The number of aliphatic carboxylic acids is 1. The van der Waals surface area contributed by atoms with Gasteiger partial charge in [-0.05, 0) is 64.2 Å². The maximum absolute atomic E-state index is 12.8. The molecule has 8 nitrogen and oxygen atoms in total. The molecule has 0 aliphatic rings. The van der Waals surface area contributed by atoms with Crippen molar-refractivity contribution in [2.45, 2.75) is 206 Å². The second-order valence-corrected chi connectivity index (χ2v) is 17.1. The van der Waals surface area contributed by atoms with Crippen molar-refractivity contribution in [3.05, 3.63) is 60.8 Å². The highest BCUT2D eigenvalue weighted by molar-refractivity contribution is 5.72. The first-order chi connectivity index (χ1) is 28.6. The third-order valence-corrected chi connectivity index (χ3v) is 10.5. The summed E-state index contributed by atoms with van der Waals surface area (Å²) in [4.78, 5) is 37.1. The number of rotatable bonds is 42. The highest BCUT2D eigenvalue weighted by atomic mass is 16.6. The summed E-state index contributed by atoms with van der Waals surface area (Å²) < 4.78 is 17.3. The van der Waals surface area contributed by atoms with Crippen molar-refractivity contribution in [3.63, 3.8) is 0 Å². The fourth-order valence-corrected chi connectivity index (χ4v) is 6.74. The number of nitrogens with zero attached hydrogens (tertiary/aromatic N) is 1. The molecule has 0 radical (unpaired) electrons. The van der Waals surface area contributed by atoms with E-state index in [4.69, 9.17) is 14.2 Å². The number of carbonyl (C=O) groups is 3. The summed E-state index contributed by atoms with van der Waals surface area (Å²) in [5.74, 6) is -1.50. The van der Waals surface area contributed by atoms with Gasteiger partial charge >= 0.3 is 17.9 Å². The SMILES string of the molecule is CCCCC/C=C/C=C/C=C/C=C/CCCCCCCC(=O)OCC(COCCC(C(=O)O)[N+](C)(C)C)OC(=O)CCCCCCCCC/C=C/CCCCCCCC. The Kier molecular flexibility index (Phi) is 39.6. The van der Waals surface area contributed by atoms with E-state index in [1.54, 1.807) is 0 Å². The summed E-state index contributed by atoms with van der Waals surface area (Å²) in [6, 6.07) is -0.621. The fraction of sp³-hybridized carbons (Fsp3) is 0.745. The molecule has 0 spiro atoms. The third-order valence-electron chi connectivity index (χ3n) is 10.5. The molecule has 2 atom stereocenters. The highest BCUT2D eigenvalue weighted by Crippen LogP contribution is 2.14. The van der Waals surface area contributed by atoms with Crippen LogP contribution in [0.3, 0.4) is 0 Å². The van der Waals surface area contributed by atoms with Crippen LogP contribution in [0.5, 0.6) is 0 Å². The molecule has 0 aliphatic carbocycles. The van der Waals surface area contributed by atoms with Crippen LogP contribution in [-0.2, 0) is 28.6 Å². The maximum Gasteiger partial charge on any atom is 0.362 e. The lowest BCUT2D eigenvalue weighted by Gasteiger charge is -2.31. The fourth-order valence-electron chi connectivity index (χ4n) is 6.74. The van der Waals surface area contributed by atoms with Gasteiger partial charge in [-0.25, -0.2) is 4.79 Å². The zero-order valence-corrected chi connectivity index (χ0v) is 38.7. The van der Waals surface area contributed by atoms with Crippen molar-refractivity contribution >= 4 is 17.9 Å². The Morgan fingerprint density at radius 3 is 1.41 bits per heavy atom. The van der Waals surface area contributed by atoms with Crippen LogP contribution in [0, 0.1) is 0 Å². The molecule has 0 aromatic rings. The van der Waals surface area contributed by atoms with E-state index in [2.05, 4.69) is 74.6 Å². The molecule has 2 unspecified atom stereocenters. The van der Waals surface area contributed by atoms with Gasteiger partial charge in [0, 0.05) is 19.3 Å². The highest BCUT2D eigenvalue weighted by Gasteiger charge is 2.31. The maximum atomic E-state index is 12.8. The van der Waals surface area contributed by atoms with Crippen LogP contribution < -0.4 is 0 Å². The minimum Gasteiger partial charge on any atom is -0.477 e. The molecule has 8 heteroatoms. The molecule has 0 heterocycles. The predicted molar refractivity (Wildman–Crippen MR) is 247 cm³/mol. The van der Waals surface area contributed by atoms with E-state index >= 15 is 0 Å². The van der Waals surface area contributed by atoms with Crippen LogP contribution in [0.15, 0.2) is 60.8 Å². The molecule has 0 amide bonds. The summed E-state index contributed by atoms with van der Waals surface area (Å²) in [7, 11) is 5.52. The number of allylic oxidation sites excluding steroid dienone is 10. The zero-order chi connectivity index (χ0) is 43.5. The minimum atomic E-state index is -0.880. The van der Waals surface area contributed by atoms with E-state index in [1.165, 1.54) is 96.3 Å². The van der Waals surface area contributed by atoms with Crippen LogP contribution in [0.2, 0.25) is 0 Å². The van der Waals surface area contributed by atoms with Crippen molar-refractivity contribution < 1.29 is 38.2 Å². The van der Waals surface area contributed by atoms with Gasteiger partial charge in [0.2, 0.25) is 0 Å². The Bertz CT molecular complexity index is 1150. The zero-order valence-electron chi connectivity index (χ0n) is 38.7.